The van der Waals surface area contributed by atoms with Crippen LogP contribution in [0.1, 0.15) is 50.2 Å². The van der Waals surface area contributed by atoms with E-state index in [0.29, 0.717) is 19.0 Å². The Morgan fingerprint density at radius 2 is 1.86 bits per heavy atom. The minimum Gasteiger partial charge on any atom is -0.490 e. The summed E-state index contributed by atoms with van der Waals surface area (Å²) in [5.74, 6) is 1.16. The van der Waals surface area contributed by atoms with Crippen molar-refractivity contribution in [2.75, 3.05) is 13.2 Å². The smallest absolute Gasteiger partial charge is 0.162 e. The van der Waals surface area contributed by atoms with Gasteiger partial charge in [0.15, 0.2) is 11.5 Å². The van der Waals surface area contributed by atoms with Crippen LogP contribution in [-0.4, -0.2) is 13.2 Å². The Kier molecular flexibility index (Phi) is 8.56. The van der Waals surface area contributed by atoms with Gasteiger partial charge in [-0.05, 0) is 81.0 Å². The number of nitrogens with one attached hydrogen (secondary N) is 1. The normalized spacial score (nSPS) is 13.8. The summed E-state index contributed by atoms with van der Waals surface area (Å²) in [5, 5.41) is 3.54. The van der Waals surface area contributed by atoms with Crippen LogP contribution < -0.4 is 14.8 Å². The molecule has 0 spiro atoms. The van der Waals surface area contributed by atoms with Crippen molar-refractivity contribution in [3.63, 3.8) is 0 Å². The SMILES string of the molecule is CCOc1cc(CNCCC2=CCCCC2)c(Br)cc1OCc1ccc(F)cc1. The van der Waals surface area contributed by atoms with Crippen LogP contribution in [0.3, 0.4) is 0 Å². The lowest BCUT2D eigenvalue weighted by Crippen LogP contribution is -2.16. The van der Waals surface area contributed by atoms with Crippen LogP contribution in [0.2, 0.25) is 0 Å². The molecule has 1 aliphatic rings. The summed E-state index contributed by atoms with van der Waals surface area (Å²) in [5.41, 5.74) is 3.63. The quantitative estimate of drug-likeness (QED) is 0.321. The monoisotopic (exact) mass is 461 g/mol. The Labute approximate surface area is 181 Å². The zero-order valence-electron chi connectivity index (χ0n) is 17.0. The van der Waals surface area contributed by atoms with Crippen LogP contribution in [0.25, 0.3) is 0 Å². The Morgan fingerprint density at radius 1 is 1.07 bits per heavy atom. The zero-order chi connectivity index (χ0) is 20.5. The number of halogens is 2. The fraction of sp³-hybridized carbons (Fsp3) is 0.417. The maximum Gasteiger partial charge on any atom is 0.162 e. The van der Waals surface area contributed by atoms with E-state index >= 15 is 0 Å². The molecule has 0 amide bonds. The third-order valence-electron chi connectivity index (χ3n) is 5.04. The molecule has 2 aromatic carbocycles. The van der Waals surface area contributed by atoms with Gasteiger partial charge in [-0.2, -0.15) is 0 Å². The second-order valence-corrected chi connectivity index (χ2v) is 8.13. The number of hydrogen-bond donors (Lipinski definition) is 1. The Morgan fingerprint density at radius 3 is 2.59 bits per heavy atom. The molecule has 29 heavy (non-hydrogen) atoms. The largest absolute Gasteiger partial charge is 0.490 e. The first-order valence-electron chi connectivity index (χ1n) is 10.4. The van der Waals surface area contributed by atoms with Crippen LogP contribution in [0.4, 0.5) is 4.39 Å². The van der Waals surface area contributed by atoms with Crippen LogP contribution in [0.5, 0.6) is 11.5 Å². The van der Waals surface area contributed by atoms with E-state index in [1.54, 1.807) is 17.7 Å². The first kappa shape index (κ1) is 21.8. The summed E-state index contributed by atoms with van der Waals surface area (Å²) < 4.78 is 25.8. The summed E-state index contributed by atoms with van der Waals surface area (Å²) in [7, 11) is 0. The van der Waals surface area contributed by atoms with E-state index in [-0.39, 0.29) is 5.82 Å². The van der Waals surface area contributed by atoms with E-state index in [9.17, 15) is 4.39 Å². The van der Waals surface area contributed by atoms with E-state index in [1.807, 2.05) is 19.1 Å². The van der Waals surface area contributed by atoms with E-state index in [4.69, 9.17) is 9.47 Å². The van der Waals surface area contributed by atoms with Crippen molar-refractivity contribution in [2.45, 2.75) is 52.2 Å². The number of ether oxygens (including phenoxy) is 2. The summed E-state index contributed by atoms with van der Waals surface area (Å²) in [6, 6.07) is 10.3. The summed E-state index contributed by atoms with van der Waals surface area (Å²) in [6.07, 6.45) is 8.67. The number of benzene rings is 2. The third-order valence-corrected chi connectivity index (χ3v) is 5.78. The van der Waals surface area contributed by atoms with Gasteiger partial charge in [0.25, 0.3) is 0 Å². The standard InChI is InChI=1S/C24H29BrFNO2/c1-2-28-23-14-20(16-27-13-12-18-6-4-3-5-7-18)22(25)15-24(23)29-17-19-8-10-21(26)11-9-19/h6,8-11,14-15,27H,2-5,7,12-13,16-17H2,1H3. The van der Waals surface area contributed by atoms with E-state index in [1.165, 1.54) is 37.8 Å². The van der Waals surface area contributed by atoms with Crippen LogP contribution >= 0.6 is 15.9 Å². The molecule has 156 valence electrons. The van der Waals surface area contributed by atoms with Crippen LogP contribution in [0, 0.1) is 5.82 Å². The number of allylic oxidation sites excluding steroid dienone is 1. The van der Waals surface area contributed by atoms with Gasteiger partial charge in [-0.25, -0.2) is 4.39 Å². The first-order chi connectivity index (χ1) is 14.2. The van der Waals surface area contributed by atoms with Crippen molar-refractivity contribution in [2.24, 2.45) is 0 Å². The highest BCUT2D eigenvalue weighted by atomic mass is 79.9. The molecular weight excluding hydrogens is 433 g/mol. The predicted octanol–water partition coefficient (Wildman–Crippen LogP) is 6.55. The van der Waals surface area contributed by atoms with Crippen LogP contribution in [-0.2, 0) is 13.2 Å². The maximum atomic E-state index is 13.1. The molecule has 3 nitrogen and oxygen atoms in total. The molecular formula is C24H29BrFNO2. The summed E-state index contributed by atoms with van der Waals surface area (Å²) >= 11 is 3.66. The molecule has 0 heterocycles. The molecule has 2 aromatic rings. The molecule has 0 saturated heterocycles. The topological polar surface area (TPSA) is 30.5 Å². The fourth-order valence-electron chi connectivity index (χ4n) is 3.44. The lowest BCUT2D eigenvalue weighted by molar-refractivity contribution is 0.268. The minimum absolute atomic E-state index is 0.247. The van der Waals surface area contributed by atoms with Crippen molar-refractivity contribution in [3.05, 3.63) is 69.5 Å². The molecule has 1 N–H and O–H groups in total. The maximum absolute atomic E-state index is 13.1. The van der Waals surface area contributed by atoms with E-state index in [2.05, 4.69) is 27.3 Å². The second kappa shape index (κ2) is 11.4. The molecule has 0 unspecified atom stereocenters. The highest BCUT2D eigenvalue weighted by molar-refractivity contribution is 9.10. The highest BCUT2D eigenvalue weighted by Crippen LogP contribution is 2.34. The van der Waals surface area contributed by atoms with Crippen molar-refractivity contribution in [1.29, 1.82) is 0 Å². The van der Waals surface area contributed by atoms with Crippen molar-refractivity contribution in [1.82, 2.24) is 5.32 Å². The first-order valence-corrected chi connectivity index (χ1v) is 11.2. The molecule has 0 fully saturated rings. The second-order valence-electron chi connectivity index (χ2n) is 7.27. The van der Waals surface area contributed by atoms with Gasteiger partial charge in [0.2, 0.25) is 0 Å². The molecule has 5 heteroatoms. The Hall–Kier alpha value is -1.85. The molecule has 1 aliphatic carbocycles. The van der Waals surface area contributed by atoms with Crippen molar-refractivity contribution in [3.8, 4) is 11.5 Å². The molecule has 0 aliphatic heterocycles. The minimum atomic E-state index is -0.247. The van der Waals surface area contributed by atoms with Gasteiger partial charge in [-0.3, -0.25) is 0 Å². The van der Waals surface area contributed by atoms with Crippen molar-refractivity contribution < 1.29 is 13.9 Å². The lowest BCUT2D eigenvalue weighted by Gasteiger charge is -2.16. The van der Waals surface area contributed by atoms with Crippen molar-refractivity contribution >= 4 is 15.9 Å². The molecule has 0 saturated carbocycles. The molecule has 0 radical (unpaired) electrons. The highest BCUT2D eigenvalue weighted by Gasteiger charge is 2.12. The van der Waals surface area contributed by atoms with Gasteiger partial charge in [0, 0.05) is 11.0 Å². The Bertz CT molecular complexity index is 820. The molecule has 0 aromatic heterocycles. The lowest BCUT2D eigenvalue weighted by atomic mass is 9.97. The fourth-order valence-corrected chi connectivity index (χ4v) is 3.90. The average molecular weight is 462 g/mol. The van der Waals surface area contributed by atoms with E-state index in [0.717, 1.165) is 40.9 Å². The average Bonchev–Trinajstić information content (AvgIpc) is 2.74. The van der Waals surface area contributed by atoms with Gasteiger partial charge >= 0.3 is 0 Å². The summed E-state index contributed by atoms with van der Waals surface area (Å²) in [6.45, 7) is 4.63. The molecule has 3 rings (SSSR count). The van der Waals surface area contributed by atoms with Gasteiger partial charge in [-0.15, -0.1) is 0 Å². The number of rotatable bonds is 10. The Balaban J connectivity index is 1.59. The third kappa shape index (κ3) is 6.86. The molecule has 0 bridgehead atoms. The van der Waals surface area contributed by atoms with E-state index < -0.39 is 0 Å². The number of hydrogen-bond acceptors (Lipinski definition) is 3. The van der Waals surface area contributed by atoms with Gasteiger partial charge < -0.3 is 14.8 Å². The summed E-state index contributed by atoms with van der Waals surface area (Å²) in [4.78, 5) is 0. The predicted molar refractivity (Wildman–Crippen MR) is 119 cm³/mol. The van der Waals surface area contributed by atoms with Gasteiger partial charge in [0.05, 0.1) is 6.61 Å². The van der Waals surface area contributed by atoms with Gasteiger partial charge in [0.1, 0.15) is 12.4 Å². The zero-order valence-corrected chi connectivity index (χ0v) is 18.6. The van der Waals surface area contributed by atoms with Gasteiger partial charge in [-0.1, -0.05) is 39.7 Å². The molecule has 0 atom stereocenters. The van der Waals surface area contributed by atoms with Crippen LogP contribution in [0.15, 0.2) is 52.5 Å².